The van der Waals surface area contributed by atoms with E-state index in [1.54, 1.807) is 0 Å². The van der Waals surface area contributed by atoms with Gasteiger partial charge in [-0.05, 0) is 19.3 Å². The summed E-state index contributed by atoms with van der Waals surface area (Å²) >= 11 is 0. The van der Waals surface area contributed by atoms with E-state index < -0.39 is 5.97 Å². The minimum Gasteiger partial charge on any atom is -0.481 e. The molecular formula is C25H50O3. The predicted octanol–water partition coefficient (Wildman–Crippen LogP) is 8.03. The summed E-state index contributed by atoms with van der Waals surface area (Å²) in [5, 5.41) is 18.7. The molecule has 0 bridgehead atoms. The molecular weight excluding hydrogens is 348 g/mol. The Kier molecular flexibility index (Phi) is 22.3. The van der Waals surface area contributed by atoms with E-state index >= 15 is 0 Å². The Hall–Kier alpha value is -0.570. The average molecular weight is 399 g/mol. The molecule has 0 aromatic rings. The Morgan fingerprint density at radius 1 is 0.571 bits per heavy atom. The van der Waals surface area contributed by atoms with Gasteiger partial charge in [-0.15, -0.1) is 0 Å². The van der Waals surface area contributed by atoms with Crippen LogP contribution in [0.3, 0.4) is 0 Å². The number of carboxylic acid groups (broad SMARTS) is 1. The number of unbranched alkanes of at least 4 members (excludes halogenated alkanes) is 17. The standard InChI is InChI=1S/C25H50O3/c1-2-3-4-5-6-7-9-12-15-18-21-24(26)22-19-16-13-10-8-11-14-17-20-23-25(27)28/h24,26H,2-23H2,1H3,(H,27,28). The molecule has 3 heteroatoms. The van der Waals surface area contributed by atoms with Gasteiger partial charge < -0.3 is 10.2 Å². The Balaban J connectivity index is 3.15. The van der Waals surface area contributed by atoms with Crippen LogP contribution in [0.25, 0.3) is 0 Å². The first-order valence-electron chi connectivity index (χ1n) is 12.6. The monoisotopic (exact) mass is 398 g/mol. The zero-order chi connectivity index (χ0) is 20.7. The van der Waals surface area contributed by atoms with E-state index in [4.69, 9.17) is 5.11 Å². The smallest absolute Gasteiger partial charge is 0.303 e. The minimum atomic E-state index is -0.671. The molecule has 28 heavy (non-hydrogen) atoms. The van der Waals surface area contributed by atoms with Gasteiger partial charge in [0.25, 0.3) is 0 Å². The second kappa shape index (κ2) is 22.7. The molecule has 0 amide bonds. The molecule has 0 spiro atoms. The maximum absolute atomic E-state index is 10.4. The Morgan fingerprint density at radius 3 is 1.25 bits per heavy atom. The van der Waals surface area contributed by atoms with Crippen LogP contribution in [0.1, 0.15) is 148 Å². The van der Waals surface area contributed by atoms with Crippen molar-refractivity contribution in [2.45, 2.75) is 154 Å². The topological polar surface area (TPSA) is 57.5 Å². The fraction of sp³-hybridized carbons (Fsp3) is 0.960. The van der Waals surface area contributed by atoms with Crippen LogP contribution < -0.4 is 0 Å². The summed E-state index contributed by atoms with van der Waals surface area (Å²) in [6.45, 7) is 2.27. The Labute approximate surface area is 175 Å². The summed E-state index contributed by atoms with van der Waals surface area (Å²) in [6, 6.07) is 0. The van der Waals surface area contributed by atoms with Crippen molar-refractivity contribution in [1.29, 1.82) is 0 Å². The maximum Gasteiger partial charge on any atom is 0.303 e. The number of carboxylic acids is 1. The van der Waals surface area contributed by atoms with Crippen molar-refractivity contribution in [3.63, 3.8) is 0 Å². The number of hydrogen-bond donors (Lipinski definition) is 2. The van der Waals surface area contributed by atoms with Gasteiger partial charge in [0.05, 0.1) is 6.10 Å². The second-order valence-electron chi connectivity index (χ2n) is 8.74. The first-order valence-corrected chi connectivity index (χ1v) is 12.6. The van der Waals surface area contributed by atoms with Gasteiger partial charge in [0.1, 0.15) is 0 Å². The van der Waals surface area contributed by atoms with E-state index in [-0.39, 0.29) is 6.10 Å². The third-order valence-corrected chi connectivity index (χ3v) is 5.82. The van der Waals surface area contributed by atoms with E-state index in [1.807, 2.05) is 0 Å². The highest BCUT2D eigenvalue weighted by Gasteiger charge is 2.04. The number of aliphatic carboxylic acids is 1. The van der Waals surface area contributed by atoms with E-state index in [0.29, 0.717) is 6.42 Å². The van der Waals surface area contributed by atoms with Crippen molar-refractivity contribution in [3.8, 4) is 0 Å². The first kappa shape index (κ1) is 27.4. The second-order valence-corrected chi connectivity index (χ2v) is 8.74. The van der Waals surface area contributed by atoms with Gasteiger partial charge in [0.15, 0.2) is 0 Å². The van der Waals surface area contributed by atoms with Gasteiger partial charge in [-0.2, -0.15) is 0 Å². The molecule has 1 unspecified atom stereocenters. The highest BCUT2D eigenvalue weighted by Crippen LogP contribution is 2.15. The highest BCUT2D eigenvalue weighted by atomic mass is 16.4. The van der Waals surface area contributed by atoms with Crippen molar-refractivity contribution < 1.29 is 15.0 Å². The van der Waals surface area contributed by atoms with Crippen molar-refractivity contribution >= 4 is 5.97 Å². The summed E-state index contributed by atoms with van der Waals surface area (Å²) < 4.78 is 0. The molecule has 1 atom stereocenters. The van der Waals surface area contributed by atoms with Crippen molar-refractivity contribution in [3.05, 3.63) is 0 Å². The lowest BCUT2D eigenvalue weighted by Crippen LogP contribution is -2.05. The maximum atomic E-state index is 10.4. The van der Waals surface area contributed by atoms with E-state index in [9.17, 15) is 9.90 Å². The third-order valence-electron chi connectivity index (χ3n) is 5.82. The lowest BCUT2D eigenvalue weighted by molar-refractivity contribution is -0.137. The van der Waals surface area contributed by atoms with E-state index in [0.717, 1.165) is 32.1 Å². The summed E-state index contributed by atoms with van der Waals surface area (Å²) in [7, 11) is 0. The summed E-state index contributed by atoms with van der Waals surface area (Å²) in [4.78, 5) is 10.4. The Bertz CT molecular complexity index is 317. The molecule has 0 aromatic heterocycles. The van der Waals surface area contributed by atoms with Crippen LogP contribution in [-0.2, 0) is 4.79 Å². The summed E-state index contributed by atoms with van der Waals surface area (Å²) in [5.74, 6) is -0.671. The molecule has 168 valence electrons. The molecule has 0 aliphatic carbocycles. The number of rotatable bonds is 23. The fourth-order valence-corrected chi connectivity index (χ4v) is 3.91. The highest BCUT2D eigenvalue weighted by molar-refractivity contribution is 5.66. The molecule has 0 radical (unpaired) electrons. The molecule has 2 N–H and O–H groups in total. The van der Waals surface area contributed by atoms with Crippen molar-refractivity contribution in [2.75, 3.05) is 0 Å². The summed E-state index contributed by atoms with van der Waals surface area (Å²) in [6.07, 6.45) is 26.3. The van der Waals surface area contributed by atoms with Crippen LogP contribution in [0.2, 0.25) is 0 Å². The van der Waals surface area contributed by atoms with E-state index in [2.05, 4.69) is 6.92 Å². The molecule has 0 aliphatic heterocycles. The van der Waals surface area contributed by atoms with Crippen LogP contribution in [0.15, 0.2) is 0 Å². The molecule has 0 aromatic carbocycles. The zero-order valence-electron chi connectivity index (χ0n) is 18.9. The van der Waals surface area contributed by atoms with Crippen molar-refractivity contribution in [1.82, 2.24) is 0 Å². The van der Waals surface area contributed by atoms with Gasteiger partial charge in [-0.1, -0.05) is 122 Å². The lowest BCUT2D eigenvalue weighted by atomic mass is 10.0. The number of aliphatic hydroxyl groups excluding tert-OH is 1. The van der Waals surface area contributed by atoms with Gasteiger partial charge in [-0.25, -0.2) is 0 Å². The van der Waals surface area contributed by atoms with Gasteiger partial charge in [-0.3, -0.25) is 4.79 Å². The van der Waals surface area contributed by atoms with Gasteiger partial charge in [0.2, 0.25) is 0 Å². The lowest BCUT2D eigenvalue weighted by Gasteiger charge is -2.10. The molecule has 0 fully saturated rings. The predicted molar refractivity (Wildman–Crippen MR) is 121 cm³/mol. The first-order chi connectivity index (χ1) is 13.7. The minimum absolute atomic E-state index is 0.0803. The van der Waals surface area contributed by atoms with Crippen LogP contribution in [-0.4, -0.2) is 22.3 Å². The molecule has 0 saturated carbocycles. The number of hydrogen-bond acceptors (Lipinski definition) is 2. The average Bonchev–Trinajstić information content (AvgIpc) is 2.67. The molecule has 3 nitrogen and oxygen atoms in total. The quantitative estimate of drug-likeness (QED) is 0.171. The largest absolute Gasteiger partial charge is 0.481 e. The normalized spacial score (nSPS) is 12.4. The van der Waals surface area contributed by atoms with Gasteiger partial charge in [0, 0.05) is 6.42 Å². The van der Waals surface area contributed by atoms with Gasteiger partial charge >= 0.3 is 5.97 Å². The van der Waals surface area contributed by atoms with Crippen LogP contribution in [0, 0.1) is 0 Å². The third kappa shape index (κ3) is 23.5. The SMILES string of the molecule is CCCCCCCCCCCCC(O)CCCCCCCCCCCC(=O)O. The molecule has 0 rings (SSSR count). The molecule has 0 aliphatic rings. The number of aliphatic hydroxyl groups is 1. The Morgan fingerprint density at radius 2 is 0.893 bits per heavy atom. The zero-order valence-corrected chi connectivity index (χ0v) is 18.9. The van der Waals surface area contributed by atoms with Crippen LogP contribution >= 0.6 is 0 Å². The van der Waals surface area contributed by atoms with Crippen LogP contribution in [0.5, 0.6) is 0 Å². The molecule has 0 heterocycles. The van der Waals surface area contributed by atoms with Crippen LogP contribution in [0.4, 0.5) is 0 Å². The number of carbonyl (C=O) groups is 1. The fourth-order valence-electron chi connectivity index (χ4n) is 3.91. The van der Waals surface area contributed by atoms with Crippen molar-refractivity contribution in [2.24, 2.45) is 0 Å². The molecule has 0 saturated heterocycles. The van der Waals surface area contributed by atoms with E-state index in [1.165, 1.54) is 103 Å². The summed E-state index contributed by atoms with van der Waals surface area (Å²) in [5.41, 5.74) is 0.